The third-order valence-electron chi connectivity index (χ3n) is 5.90. The Morgan fingerprint density at radius 2 is 1.58 bits per heavy atom. The van der Waals surface area contributed by atoms with Crippen molar-refractivity contribution in [1.29, 1.82) is 0 Å². The highest BCUT2D eigenvalue weighted by atomic mass is 32.2. The van der Waals surface area contributed by atoms with E-state index in [1.54, 1.807) is 24.3 Å². The maximum Gasteiger partial charge on any atom is 0.227 e. The van der Waals surface area contributed by atoms with Crippen LogP contribution in [0.5, 0.6) is 5.75 Å². The van der Waals surface area contributed by atoms with E-state index in [4.69, 9.17) is 9.84 Å². The molecule has 5 nitrogen and oxygen atoms in total. The molecule has 1 N–H and O–H groups in total. The summed E-state index contributed by atoms with van der Waals surface area (Å²) >= 11 is 1.45. The standard InChI is InChI=1S/C25H18F2N4OS/c1-33-25-29-24-28-21-18-4-2-3-5-19(18)32-23(15-8-12-17(27)13-9-15)20(21)22(31(24)30-25)14-6-10-16(26)11-7-14/h2-13,22-23H,1H3,(H,28,29,30)/t22-,23+/m1/s1. The average molecular weight is 461 g/mol. The Morgan fingerprint density at radius 1 is 0.909 bits per heavy atom. The number of para-hydroxylation sites is 1. The topological polar surface area (TPSA) is 52.0 Å². The molecular weight excluding hydrogens is 442 g/mol. The van der Waals surface area contributed by atoms with Crippen molar-refractivity contribution in [2.75, 3.05) is 11.6 Å². The monoisotopic (exact) mass is 460 g/mol. The van der Waals surface area contributed by atoms with Crippen molar-refractivity contribution in [2.45, 2.75) is 17.3 Å². The molecule has 2 atom stereocenters. The molecule has 0 amide bonds. The van der Waals surface area contributed by atoms with Gasteiger partial charge in [-0.15, -0.1) is 5.10 Å². The first-order chi connectivity index (χ1) is 16.1. The molecule has 33 heavy (non-hydrogen) atoms. The minimum atomic E-state index is -0.506. The zero-order valence-electron chi connectivity index (χ0n) is 17.5. The summed E-state index contributed by atoms with van der Waals surface area (Å²) in [6.45, 7) is 0. The number of rotatable bonds is 3. The molecule has 2 aliphatic rings. The zero-order chi connectivity index (χ0) is 22.5. The van der Waals surface area contributed by atoms with Gasteiger partial charge >= 0.3 is 0 Å². The minimum absolute atomic E-state index is 0.314. The maximum absolute atomic E-state index is 13.8. The van der Waals surface area contributed by atoms with Crippen LogP contribution < -0.4 is 10.1 Å². The van der Waals surface area contributed by atoms with Crippen LogP contribution in [0.3, 0.4) is 0 Å². The Labute approximate surface area is 193 Å². The summed E-state index contributed by atoms with van der Waals surface area (Å²) in [5, 5.41) is 8.78. The van der Waals surface area contributed by atoms with Gasteiger partial charge < -0.3 is 10.1 Å². The number of ether oxygens (including phenoxy) is 1. The molecule has 1 aromatic heterocycles. The number of fused-ring (bicyclic) bond motifs is 3. The smallest absolute Gasteiger partial charge is 0.227 e. The van der Waals surface area contributed by atoms with Gasteiger partial charge in [-0.3, -0.25) is 0 Å². The summed E-state index contributed by atoms with van der Waals surface area (Å²) in [6, 6.07) is 20.1. The fourth-order valence-corrected chi connectivity index (χ4v) is 4.77. The summed E-state index contributed by atoms with van der Waals surface area (Å²) in [5.74, 6) is 0.686. The van der Waals surface area contributed by atoms with E-state index in [0.29, 0.717) is 16.9 Å². The first-order valence-corrected chi connectivity index (χ1v) is 11.6. The van der Waals surface area contributed by atoms with Crippen LogP contribution in [0, 0.1) is 11.6 Å². The van der Waals surface area contributed by atoms with Crippen LogP contribution in [0.15, 0.2) is 83.5 Å². The van der Waals surface area contributed by atoms with Gasteiger partial charge in [-0.2, -0.15) is 4.98 Å². The number of nitrogens with one attached hydrogen (secondary N) is 1. The minimum Gasteiger partial charge on any atom is -0.480 e. The van der Waals surface area contributed by atoms with Crippen LogP contribution in [0.25, 0.3) is 5.70 Å². The van der Waals surface area contributed by atoms with Crippen molar-refractivity contribution < 1.29 is 13.5 Å². The number of aromatic nitrogens is 3. The van der Waals surface area contributed by atoms with E-state index in [1.165, 1.54) is 36.0 Å². The molecule has 6 rings (SSSR count). The van der Waals surface area contributed by atoms with Crippen molar-refractivity contribution in [2.24, 2.45) is 0 Å². The lowest BCUT2D eigenvalue weighted by Gasteiger charge is -2.38. The summed E-state index contributed by atoms with van der Waals surface area (Å²) in [7, 11) is 0. The summed E-state index contributed by atoms with van der Waals surface area (Å²) < 4.78 is 35.8. The van der Waals surface area contributed by atoms with Gasteiger partial charge in [0.15, 0.2) is 0 Å². The normalized spacial score (nSPS) is 18.6. The Balaban J connectivity index is 1.62. The molecule has 3 aromatic carbocycles. The second-order valence-corrected chi connectivity index (χ2v) is 8.60. The van der Waals surface area contributed by atoms with Crippen molar-refractivity contribution in [3.05, 3.63) is 107 Å². The number of nitrogens with zero attached hydrogens (tertiary/aromatic N) is 3. The molecule has 8 heteroatoms. The summed E-state index contributed by atoms with van der Waals surface area (Å²) in [6.07, 6.45) is 1.41. The van der Waals surface area contributed by atoms with Crippen molar-refractivity contribution in [1.82, 2.24) is 14.8 Å². The third kappa shape index (κ3) is 3.29. The third-order valence-corrected chi connectivity index (χ3v) is 6.44. The van der Waals surface area contributed by atoms with Gasteiger partial charge in [0.25, 0.3) is 0 Å². The second kappa shape index (κ2) is 7.74. The lowest BCUT2D eigenvalue weighted by molar-refractivity contribution is 0.222. The van der Waals surface area contributed by atoms with Gasteiger partial charge in [0.05, 0.1) is 5.70 Å². The van der Waals surface area contributed by atoms with Crippen LogP contribution in [0.2, 0.25) is 0 Å². The maximum atomic E-state index is 13.8. The van der Waals surface area contributed by atoms with E-state index in [0.717, 1.165) is 28.0 Å². The van der Waals surface area contributed by atoms with Crippen LogP contribution in [-0.4, -0.2) is 21.0 Å². The highest BCUT2D eigenvalue weighted by Gasteiger charge is 2.41. The predicted molar refractivity (Wildman–Crippen MR) is 123 cm³/mol. The molecule has 0 unspecified atom stereocenters. The molecule has 0 saturated carbocycles. The lowest BCUT2D eigenvalue weighted by Crippen LogP contribution is -2.32. The Kier molecular flexibility index (Phi) is 4.69. The Bertz CT molecular complexity index is 1380. The average Bonchev–Trinajstić information content (AvgIpc) is 3.26. The molecule has 3 heterocycles. The fourth-order valence-electron chi connectivity index (χ4n) is 4.42. The number of anilines is 1. The molecule has 2 aliphatic heterocycles. The Hall–Kier alpha value is -3.65. The van der Waals surface area contributed by atoms with Gasteiger partial charge in [0.2, 0.25) is 11.1 Å². The number of halogens is 2. The van der Waals surface area contributed by atoms with Gasteiger partial charge in [0, 0.05) is 11.1 Å². The molecule has 0 fully saturated rings. The molecule has 164 valence electrons. The molecule has 0 aliphatic carbocycles. The van der Waals surface area contributed by atoms with Crippen LogP contribution in [0.1, 0.15) is 28.8 Å². The number of hydrogen-bond donors (Lipinski definition) is 1. The van der Waals surface area contributed by atoms with E-state index >= 15 is 0 Å². The number of benzene rings is 3. The number of hydrogen-bond acceptors (Lipinski definition) is 5. The lowest BCUT2D eigenvalue weighted by atomic mass is 9.84. The second-order valence-electron chi connectivity index (χ2n) is 7.82. The highest BCUT2D eigenvalue weighted by molar-refractivity contribution is 7.98. The van der Waals surface area contributed by atoms with Gasteiger partial charge in [-0.05, 0) is 53.8 Å². The van der Waals surface area contributed by atoms with Crippen LogP contribution in [0.4, 0.5) is 14.7 Å². The number of thioether (sulfide) groups is 1. The van der Waals surface area contributed by atoms with Crippen molar-refractivity contribution in [3.8, 4) is 5.75 Å². The summed E-state index contributed by atoms with van der Waals surface area (Å²) in [5.41, 5.74) is 4.32. The largest absolute Gasteiger partial charge is 0.480 e. The van der Waals surface area contributed by atoms with E-state index in [2.05, 4.69) is 10.3 Å². The van der Waals surface area contributed by atoms with Gasteiger partial charge in [-0.25, -0.2) is 13.5 Å². The first-order valence-electron chi connectivity index (χ1n) is 10.4. The van der Waals surface area contributed by atoms with E-state index in [-0.39, 0.29) is 11.6 Å². The Morgan fingerprint density at radius 3 is 2.27 bits per heavy atom. The SMILES string of the molecule is CSc1nc2n(n1)[C@H](c1ccc(F)cc1)C1=C(N2)c2ccccc2O[C@H]1c1ccc(F)cc1. The van der Waals surface area contributed by atoms with Gasteiger partial charge in [0.1, 0.15) is 29.5 Å². The highest BCUT2D eigenvalue weighted by Crippen LogP contribution is 2.50. The van der Waals surface area contributed by atoms with Crippen molar-refractivity contribution in [3.63, 3.8) is 0 Å². The quantitative estimate of drug-likeness (QED) is 0.390. The molecule has 0 radical (unpaired) electrons. The molecule has 0 bridgehead atoms. The molecule has 0 spiro atoms. The van der Waals surface area contributed by atoms with E-state index < -0.39 is 12.1 Å². The molecule has 0 saturated heterocycles. The van der Waals surface area contributed by atoms with E-state index in [9.17, 15) is 8.78 Å². The zero-order valence-corrected chi connectivity index (χ0v) is 18.3. The summed E-state index contributed by atoms with van der Waals surface area (Å²) in [4.78, 5) is 4.64. The predicted octanol–water partition coefficient (Wildman–Crippen LogP) is 5.84. The molecule has 4 aromatic rings. The van der Waals surface area contributed by atoms with E-state index in [1.807, 2.05) is 35.2 Å². The van der Waals surface area contributed by atoms with Crippen LogP contribution >= 0.6 is 11.8 Å². The molecular formula is C25H18F2N4OS. The van der Waals surface area contributed by atoms with Crippen molar-refractivity contribution >= 4 is 23.4 Å². The first kappa shape index (κ1) is 20.0. The van der Waals surface area contributed by atoms with Gasteiger partial charge in [-0.1, -0.05) is 48.2 Å². The van der Waals surface area contributed by atoms with Crippen LogP contribution in [-0.2, 0) is 0 Å². The fraction of sp³-hybridized carbons (Fsp3) is 0.120.